The summed E-state index contributed by atoms with van der Waals surface area (Å²) in [5.74, 6) is 1.67. The largest absolute Gasteiger partial charge is 0.497 e. The fourth-order valence-electron chi connectivity index (χ4n) is 2.48. The van der Waals surface area contributed by atoms with Crippen LogP contribution in [-0.4, -0.2) is 26.4 Å². The molecule has 0 spiro atoms. The van der Waals surface area contributed by atoms with Crippen molar-refractivity contribution in [1.29, 1.82) is 0 Å². The fourth-order valence-corrected chi connectivity index (χ4v) is 2.48. The Bertz CT molecular complexity index is 367. The van der Waals surface area contributed by atoms with Crippen LogP contribution in [0.3, 0.4) is 0 Å². The van der Waals surface area contributed by atoms with Crippen molar-refractivity contribution in [3.8, 4) is 5.75 Å². The zero-order valence-electron chi connectivity index (χ0n) is 11.3. The Labute approximate surface area is 109 Å². The molecule has 2 atom stereocenters. The van der Waals surface area contributed by atoms with E-state index in [4.69, 9.17) is 9.47 Å². The van der Waals surface area contributed by atoms with E-state index in [-0.39, 0.29) is 0 Å². The second kappa shape index (κ2) is 6.76. The van der Waals surface area contributed by atoms with Crippen LogP contribution in [0.25, 0.3) is 0 Å². The van der Waals surface area contributed by atoms with E-state index in [9.17, 15) is 0 Å². The Kier molecular flexibility index (Phi) is 5.02. The van der Waals surface area contributed by atoms with E-state index in [1.54, 1.807) is 7.11 Å². The van der Waals surface area contributed by atoms with Gasteiger partial charge < -0.3 is 14.8 Å². The van der Waals surface area contributed by atoms with Crippen molar-refractivity contribution in [2.75, 3.05) is 20.3 Å². The van der Waals surface area contributed by atoms with Gasteiger partial charge in [0.15, 0.2) is 0 Å². The normalized spacial score (nSPS) is 23.9. The summed E-state index contributed by atoms with van der Waals surface area (Å²) in [7, 11) is 1.70. The van der Waals surface area contributed by atoms with E-state index in [0.29, 0.717) is 6.10 Å². The highest BCUT2D eigenvalue weighted by atomic mass is 16.5. The number of benzene rings is 1. The zero-order chi connectivity index (χ0) is 12.8. The van der Waals surface area contributed by atoms with E-state index >= 15 is 0 Å². The molecule has 0 saturated carbocycles. The second-order valence-electron chi connectivity index (χ2n) is 5.05. The first kappa shape index (κ1) is 13.4. The van der Waals surface area contributed by atoms with Gasteiger partial charge in [0.25, 0.3) is 0 Å². The summed E-state index contributed by atoms with van der Waals surface area (Å²) in [6, 6.07) is 8.22. The minimum absolute atomic E-state index is 0.419. The number of hydrogen-bond acceptors (Lipinski definition) is 3. The van der Waals surface area contributed by atoms with Gasteiger partial charge in [-0.15, -0.1) is 0 Å². The fraction of sp³-hybridized carbons (Fsp3) is 0.600. The highest BCUT2D eigenvalue weighted by Crippen LogP contribution is 2.19. The molecule has 1 aromatic carbocycles. The molecule has 1 saturated heterocycles. The molecule has 1 heterocycles. The van der Waals surface area contributed by atoms with Gasteiger partial charge in [0.2, 0.25) is 0 Å². The molecule has 0 aliphatic carbocycles. The van der Waals surface area contributed by atoms with Gasteiger partial charge in [0, 0.05) is 13.2 Å². The first-order chi connectivity index (χ1) is 8.78. The Morgan fingerprint density at radius 3 is 3.11 bits per heavy atom. The van der Waals surface area contributed by atoms with Gasteiger partial charge in [0.1, 0.15) is 5.75 Å². The topological polar surface area (TPSA) is 30.5 Å². The van der Waals surface area contributed by atoms with E-state index in [1.165, 1.54) is 18.4 Å². The molecule has 1 aliphatic rings. The van der Waals surface area contributed by atoms with Crippen LogP contribution >= 0.6 is 0 Å². The highest BCUT2D eigenvalue weighted by Gasteiger charge is 2.18. The van der Waals surface area contributed by atoms with Crippen molar-refractivity contribution < 1.29 is 9.47 Å². The van der Waals surface area contributed by atoms with Gasteiger partial charge in [-0.1, -0.05) is 12.1 Å². The van der Waals surface area contributed by atoms with Gasteiger partial charge >= 0.3 is 0 Å². The van der Waals surface area contributed by atoms with Crippen molar-refractivity contribution in [2.24, 2.45) is 5.92 Å². The molecule has 100 valence electrons. The summed E-state index contributed by atoms with van der Waals surface area (Å²) in [6.45, 7) is 5.05. The first-order valence-corrected chi connectivity index (χ1v) is 6.73. The maximum Gasteiger partial charge on any atom is 0.119 e. The van der Waals surface area contributed by atoms with Crippen LogP contribution in [0.1, 0.15) is 25.3 Å². The van der Waals surface area contributed by atoms with Crippen molar-refractivity contribution in [3.05, 3.63) is 29.8 Å². The van der Waals surface area contributed by atoms with Crippen LogP contribution in [-0.2, 0) is 11.3 Å². The Balaban J connectivity index is 1.74. The molecule has 2 rings (SSSR count). The molecule has 0 radical (unpaired) electrons. The van der Waals surface area contributed by atoms with Crippen molar-refractivity contribution in [2.45, 2.75) is 32.4 Å². The molecule has 0 aromatic heterocycles. The molecule has 1 N–H and O–H groups in total. The number of nitrogens with one attached hydrogen (secondary N) is 1. The number of methoxy groups -OCH3 is 1. The molecular formula is C15H23NO2. The lowest BCUT2D eigenvalue weighted by Crippen LogP contribution is -2.30. The van der Waals surface area contributed by atoms with Crippen molar-refractivity contribution >= 4 is 0 Å². The summed E-state index contributed by atoms with van der Waals surface area (Å²) in [5.41, 5.74) is 1.27. The maximum absolute atomic E-state index is 5.56. The lowest BCUT2D eigenvalue weighted by molar-refractivity contribution is 0.00289. The van der Waals surface area contributed by atoms with Crippen LogP contribution in [0.5, 0.6) is 5.75 Å². The van der Waals surface area contributed by atoms with Crippen LogP contribution in [0.2, 0.25) is 0 Å². The lowest BCUT2D eigenvalue weighted by atomic mass is 9.96. The predicted molar refractivity (Wildman–Crippen MR) is 72.8 cm³/mol. The van der Waals surface area contributed by atoms with E-state index in [2.05, 4.69) is 24.4 Å². The SMILES string of the molecule is COc1cccc(CNC[C@H]2CCO[C@@H](C)C2)c1. The molecule has 0 amide bonds. The molecule has 1 aliphatic heterocycles. The number of ether oxygens (including phenoxy) is 2. The number of rotatable bonds is 5. The minimum atomic E-state index is 0.419. The molecule has 1 fully saturated rings. The number of hydrogen-bond donors (Lipinski definition) is 1. The molecule has 3 nitrogen and oxygen atoms in total. The summed E-state index contributed by atoms with van der Waals surface area (Å²) < 4.78 is 10.8. The van der Waals surface area contributed by atoms with Crippen LogP contribution in [0.15, 0.2) is 24.3 Å². The van der Waals surface area contributed by atoms with Crippen LogP contribution < -0.4 is 10.1 Å². The summed E-state index contributed by atoms with van der Waals surface area (Å²) in [5, 5.41) is 3.53. The molecule has 1 aromatic rings. The highest BCUT2D eigenvalue weighted by molar-refractivity contribution is 5.28. The average molecular weight is 249 g/mol. The molecular weight excluding hydrogens is 226 g/mol. The third kappa shape index (κ3) is 4.00. The van der Waals surface area contributed by atoms with Gasteiger partial charge in [-0.3, -0.25) is 0 Å². The van der Waals surface area contributed by atoms with Gasteiger partial charge in [-0.05, 0) is 49.9 Å². The van der Waals surface area contributed by atoms with Gasteiger partial charge in [-0.2, -0.15) is 0 Å². The zero-order valence-corrected chi connectivity index (χ0v) is 11.3. The van der Waals surface area contributed by atoms with Crippen molar-refractivity contribution in [1.82, 2.24) is 5.32 Å². The molecule has 3 heteroatoms. The summed E-state index contributed by atoms with van der Waals surface area (Å²) in [4.78, 5) is 0. The average Bonchev–Trinajstić information content (AvgIpc) is 2.39. The van der Waals surface area contributed by atoms with E-state index < -0.39 is 0 Å². The van der Waals surface area contributed by atoms with Gasteiger partial charge in [-0.25, -0.2) is 0 Å². The Morgan fingerprint density at radius 1 is 1.44 bits per heavy atom. The first-order valence-electron chi connectivity index (χ1n) is 6.73. The van der Waals surface area contributed by atoms with Crippen LogP contribution in [0, 0.1) is 5.92 Å². The third-order valence-electron chi connectivity index (χ3n) is 3.49. The monoisotopic (exact) mass is 249 g/mol. The Hall–Kier alpha value is -1.06. The standard InChI is InChI=1S/C15H23NO2/c1-12-8-14(6-7-18-12)11-16-10-13-4-3-5-15(9-13)17-2/h3-5,9,12,14,16H,6-8,10-11H2,1-2H3/t12-,14-/m0/s1. The van der Waals surface area contributed by atoms with E-state index in [1.807, 2.05) is 12.1 Å². The summed E-state index contributed by atoms with van der Waals surface area (Å²) in [6.07, 6.45) is 2.77. The lowest BCUT2D eigenvalue weighted by Gasteiger charge is -2.27. The Morgan fingerprint density at radius 2 is 2.33 bits per heavy atom. The van der Waals surface area contributed by atoms with Gasteiger partial charge in [0.05, 0.1) is 13.2 Å². The minimum Gasteiger partial charge on any atom is -0.497 e. The second-order valence-corrected chi connectivity index (χ2v) is 5.05. The molecule has 0 unspecified atom stereocenters. The van der Waals surface area contributed by atoms with Crippen LogP contribution in [0.4, 0.5) is 0 Å². The molecule has 0 bridgehead atoms. The third-order valence-corrected chi connectivity index (χ3v) is 3.49. The smallest absolute Gasteiger partial charge is 0.119 e. The van der Waals surface area contributed by atoms with E-state index in [0.717, 1.165) is 31.4 Å². The maximum atomic E-state index is 5.56. The molecule has 18 heavy (non-hydrogen) atoms. The summed E-state index contributed by atoms with van der Waals surface area (Å²) >= 11 is 0. The van der Waals surface area contributed by atoms with Crippen molar-refractivity contribution in [3.63, 3.8) is 0 Å². The quantitative estimate of drug-likeness (QED) is 0.870. The predicted octanol–water partition coefficient (Wildman–Crippen LogP) is 2.60.